The van der Waals surface area contributed by atoms with Gasteiger partial charge in [-0.3, -0.25) is 9.48 Å². The van der Waals surface area contributed by atoms with Gasteiger partial charge in [0, 0.05) is 24.8 Å². The molecular weight excluding hydrogens is 230 g/mol. The highest BCUT2D eigenvalue weighted by molar-refractivity contribution is 5.72. The molecule has 0 aliphatic carbocycles. The first kappa shape index (κ1) is 14.7. The topological polar surface area (TPSA) is 56.2 Å². The molecule has 0 saturated carbocycles. The lowest BCUT2D eigenvalue weighted by Gasteiger charge is -2.19. The Labute approximate surface area is 109 Å². The molecule has 0 saturated heterocycles. The van der Waals surface area contributed by atoms with Crippen LogP contribution in [0.4, 0.5) is 0 Å². The summed E-state index contributed by atoms with van der Waals surface area (Å²) in [7, 11) is 1.92. The third-order valence-corrected chi connectivity index (χ3v) is 2.65. The molecule has 102 valence electrons. The first-order valence-electron chi connectivity index (χ1n) is 6.12. The number of aromatic nitrogens is 2. The molecule has 0 atom stereocenters. The van der Waals surface area contributed by atoms with E-state index in [0.29, 0.717) is 6.54 Å². The van der Waals surface area contributed by atoms with Crippen LogP contribution in [0.3, 0.4) is 0 Å². The molecule has 0 aliphatic heterocycles. The molecule has 0 spiro atoms. The average Bonchev–Trinajstić information content (AvgIpc) is 2.41. The fraction of sp³-hybridized carbons (Fsp3) is 0.692. The number of nitrogens with one attached hydrogen (secondary N) is 1. The smallest absolute Gasteiger partial charge is 0.320 e. The number of nitrogens with zero attached hydrogens (tertiary/aromatic N) is 2. The van der Waals surface area contributed by atoms with Crippen molar-refractivity contribution in [1.82, 2.24) is 15.1 Å². The number of carbonyl (C=O) groups is 1. The molecule has 18 heavy (non-hydrogen) atoms. The average molecular weight is 253 g/mol. The molecule has 0 fully saturated rings. The summed E-state index contributed by atoms with van der Waals surface area (Å²) in [5.41, 5.74) is 2.82. The molecule has 1 aromatic rings. The van der Waals surface area contributed by atoms with E-state index in [2.05, 4.69) is 10.4 Å². The lowest BCUT2D eigenvalue weighted by atomic mass is 10.2. The largest absolute Gasteiger partial charge is 0.459 e. The van der Waals surface area contributed by atoms with Gasteiger partial charge in [-0.25, -0.2) is 0 Å². The highest BCUT2D eigenvalue weighted by Gasteiger charge is 2.16. The fourth-order valence-electron chi connectivity index (χ4n) is 1.74. The second-order valence-corrected chi connectivity index (χ2v) is 5.46. The second-order valence-electron chi connectivity index (χ2n) is 5.46. The predicted molar refractivity (Wildman–Crippen MR) is 70.2 cm³/mol. The summed E-state index contributed by atoms with van der Waals surface area (Å²) in [6.07, 6.45) is 0. The Morgan fingerprint density at radius 1 is 1.39 bits per heavy atom. The van der Waals surface area contributed by atoms with Crippen LogP contribution in [0.15, 0.2) is 0 Å². The maximum Gasteiger partial charge on any atom is 0.320 e. The zero-order valence-corrected chi connectivity index (χ0v) is 12.1. The third kappa shape index (κ3) is 4.14. The van der Waals surface area contributed by atoms with Crippen LogP contribution in [-0.2, 0) is 23.1 Å². The van der Waals surface area contributed by atoms with E-state index in [4.69, 9.17) is 4.74 Å². The summed E-state index contributed by atoms with van der Waals surface area (Å²) in [6.45, 7) is 10.4. The highest BCUT2D eigenvalue weighted by atomic mass is 16.6. The number of hydrogen-bond acceptors (Lipinski definition) is 4. The Morgan fingerprint density at radius 3 is 2.44 bits per heavy atom. The van der Waals surface area contributed by atoms with Crippen molar-refractivity contribution in [1.29, 1.82) is 0 Å². The maximum absolute atomic E-state index is 11.5. The Hall–Kier alpha value is -1.36. The molecule has 0 radical (unpaired) electrons. The van der Waals surface area contributed by atoms with Gasteiger partial charge in [0.1, 0.15) is 5.60 Å². The monoisotopic (exact) mass is 253 g/mol. The van der Waals surface area contributed by atoms with E-state index < -0.39 is 5.60 Å². The van der Waals surface area contributed by atoms with Crippen molar-refractivity contribution < 1.29 is 9.53 Å². The van der Waals surface area contributed by atoms with Gasteiger partial charge in [-0.05, 0) is 34.6 Å². The number of ether oxygens (including phenoxy) is 1. The van der Waals surface area contributed by atoms with Gasteiger partial charge in [-0.2, -0.15) is 5.10 Å². The van der Waals surface area contributed by atoms with Gasteiger partial charge in [-0.1, -0.05) is 0 Å². The van der Waals surface area contributed by atoms with Crippen molar-refractivity contribution >= 4 is 5.97 Å². The minimum atomic E-state index is -0.432. The van der Waals surface area contributed by atoms with Crippen LogP contribution in [0.1, 0.15) is 37.7 Å². The van der Waals surface area contributed by atoms with Crippen LogP contribution in [0.25, 0.3) is 0 Å². The Morgan fingerprint density at radius 2 is 2.00 bits per heavy atom. The quantitative estimate of drug-likeness (QED) is 0.826. The van der Waals surface area contributed by atoms with E-state index in [-0.39, 0.29) is 12.5 Å². The van der Waals surface area contributed by atoms with Crippen LogP contribution >= 0.6 is 0 Å². The number of hydrogen-bond donors (Lipinski definition) is 1. The number of esters is 1. The maximum atomic E-state index is 11.5. The van der Waals surface area contributed by atoms with E-state index in [1.165, 1.54) is 0 Å². The molecule has 5 heteroatoms. The minimum absolute atomic E-state index is 0.213. The van der Waals surface area contributed by atoms with E-state index in [0.717, 1.165) is 17.0 Å². The van der Waals surface area contributed by atoms with Gasteiger partial charge >= 0.3 is 5.97 Å². The molecule has 0 bridgehead atoms. The van der Waals surface area contributed by atoms with Crippen molar-refractivity contribution in [2.24, 2.45) is 7.05 Å². The summed E-state index contributed by atoms with van der Waals surface area (Å²) in [4.78, 5) is 11.5. The molecule has 1 heterocycles. The number of rotatable bonds is 4. The zero-order chi connectivity index (χ0) is 13.9. The van der Waals surface area contributed by atoms with Crippen molar-refractivity contribution in [3.8, 4) is 0 Å². The first-order chi connectivity index (χ1) is 8.20. The normalized spacial score (nSPS) is 11.7. The summed E-state index contributed by atoms with van der Waals surface area (Å²) in [6, 6.07) is 0. The van der Waals surface area contributed by atoms with Crippen molar-refractivity contribution in [2.75, 3.05) is 6.54 Å². The second kappa shape index (κ2) is 5.52. The van der Waals surface area contributed by atoms with Gasteiger partial charge < -0.3 is 10.1 Å². The summed E-state index contributed by atoms with van der Waals surface area (Å²) < 4.78 is 7.07. The van der Waals surface area contributed by atoms with Gasteiger partial charge in [0.2, 0.25) is 0 Å². The minimum Gasteiger partial charge on any atom is -0.459 e. The van der Waals surface area contributed by atoms with Gasteiger partial charge in [0.25, 0.3) is 0 Å². The molecule has 1 rings (SSSR count). The molecule has 5 nitrogen and oxygen atoms in total. The van der Waals surface area contributed by atoms with Crippen LogP contribution in [0.5, 0.6) is 0 Å². The number of aryl methyl sites for hydroxylation is 2. The van der Waals surface area contributed by atoms with Crippen molar-refractivity contribution in [3.05, 3.63) is 17.0 Å². The standard InChI is InChI=1S/C13H23N3O2/c1-9-11(10(2)16(6)15-9)7-14-8-12(17)18-13(3,4)5/h14H,7-8H2,1-6H3. The Kier molecular flexibility index (Phi) is 4.51. The summed E-state index contributed by atoms with van der Waals surface area (Å²) in [5, 5.41) is 7.42. The highest BCUT2D eigenvalue weighted by Crippen LogP contribution is 2.11. The molecule has 1 N–H and O–H groups in total. The van der Waals surface area contributed by atoms with Crippen molar-refractivity contribution in [2.45, 2.75) is 46.8 Å². The zero-order valence-electron chi connectivity index (χ0n) is 12.1. The first-order valence-corrected chi connectivity index (χ1v) is 6.12. The number of carbonyl (C=O) groups excluding carboxylic acids is 1. The molecule has 0 aromatic carbocycles. The predicted octanol–water partition coefficient (Wildman–Crippen LogP) is 1.47. The molecule has 1 aromatic heterocycles. The molecule has 0 unspecified atom stereocenters. The van der Waals surface area contributed by atoms with Gasteiger partial charge in [0.05, 0.1) is 12.2 Å². The Bertz CT molecular complexity index is 430. The van der Waals surface area contributed by atoms with Crippen LogP contribution < -0.4 is 5.32 Å². The Balaban J connectivity index is 2.45. The fourth-order valence-corrected chi connectivity index (χ4v) is 1.74. The molecule has 0 aliphatic rings. The molecule has 0 amide bonds. The lowest BCUT2D eigenvalue weighted by molar-refractivity contribution is -0.153. The SMILES string of the molecule is Cc1nn(C)c(C)c1CNCC(=O)OC(C)(C)C. The summed E-state index contributed by atoms with van der Waals surface area (Å²) in [5.74, 6) is -0.235. The lowest BCUT2D eigenvalue weighted by Crippen LogP contribution is -2.31. The van der Waals surface area contributed by atoms with E-state index in [1.807, 2.05) is 46.3 Å². The van der Waals surface area contributed by atoms with E-state index >= 15 is 0 Å². The van der Waals surface area contributed by atoms with E-state index in [1.54, 1.807) is 0 Å². The van der Waals surface area contributed by atoms with Gasteiger partial charge in [0.15, 0.2) is 0 Å². The summed E-state index contributed by atoms with van der Waals surface area (Å²) >= 11 is 0. The van der Waals surface area contributed by atoms with Crippen LogP contribution in [0, 0.1) is 13.8 Å². The van der Waals surface area contributed by atoms with E-state index in [9.17, 15) is 4.79 Å². The van der Waals surface area contributed by atoms with Gasteiger partial charge in [-0.15, -0.1) is 0 Å². The third-order valence-electron chi connectivity index (χ3n) is 2.65. The van der Waals surface area contributed by atoms with Crippen LogP contribution in [0.2, 0.25) is 0 Å². The molecular formula is C13H23N3O2. The van der Waals surface area contributed by atoms with Crippen molar-refractivity contribution in [3.63, 3.8) is 0 Å². The van der Waals surface area contributed by atoms with Crippen LogP contribution in [-0.4, -0.2) is 27.9 Å².